The van der Waals surface area contributed by atoms with E-state index in [2.05, 4.69) is 22.4 Å². The van der Waals surface area contributed by atoms with E-state index in [1.54, 1.807) is 11.3 Å². The summed E-state index contributed by atoms with van der Waals surface area (Å²) in [7, 11) is 0. The zero-order chi connectivity index (χ0) is 20.7. The molecule has 0 bridgehead atoms. The van der Waals surface area contributed by atoms with Crippen LogP contribution < -0.4 is 10.9 Å². The predicted octanol–water partition coefficient (Wildman–Crippen LogP) is 4.69. The Bertz CT molecular complexity index is 1300. The van der Waals surface area contributed by atoms with Gasteiger partial charge < -0.3 is 5.32 Å². The number of hydrogen-bond donors (Lipinski definition) is 1. The van der Waals surface area contributed by atoms with Crippen LogP contribution in [0.25, 0.3) is 20.7 Å². The topological polar surface area (TPSA) is 64.0 Å². The number of hydrogen-bond acceptors (Lipinski definition) is 5. The Morgan fingerprint density at radius 3 is 2.97 bits per heavy atom. The molecule has 1 N–H and O–H groups in total. The summed E-state index contributed by atoms with van der Waals surface area (Å²) in [6, 6.07) is 12.3. The van der Waals surface area contributed by atoms with Crippen molar-refractivity contribution in [2.75, 3.05) is 0 Å². The van der Waals surface area contributed by atoms with Crippen LogP contribution in [0.4, 0.5) is 0 Å². The average Bonchev–Trinajstić information content (AvgIpc) is 3.37. The van der Waals surface area contributed by atoms with Crippen molar-refractivity contribution in [1.82, 2.24) is 14.9 Å². The van der Waals surface area contributed by atoms with Crippen LogP contribution >= 0.6 is 22.7 Å². The number of thiophene rings is 2. The molecule has 0 fully saturated rings. The molecule has 1 aliphatic carbocycles. The summed E-state index contributed by atoms with van der Waals surface area (Å²) in [5, 5.41) is 5.70. The Morgan fingerprint density at radius 2 is 2.13 bits per heavy atom. The maximum absolute atomic E-state index is 13.2. The highest BCUT2D eigenvalue weighted by Gasteiger charge is 2.22. The molecule has 152 valence electrons. The molecule has 3 aromatic heterocycles. The first-order chi connectivity index (χ1) is 14.6. The van der Waals surface area contributed by atoms with E-state index >= 15 is 0 Å². The Labute approximate surface area is 182 Å². The van der Waals surface area contributed by atoms with Crippen LogP contribution in [-0.4, -0.2) is 15.5 Å². The van der Waals surface area contributed by atoms with Gasteiger partial charge in [-0.3, -0.25) is 14.2 Å². The average molecular weight is 436 g/mol. The third kappa shape index (κ3) is 3.48. The van der Waals surface area contributed by atoms with Crippen LogP contribution in [0.1, 0.15) is 34.9 Å². The second-order valence-corrected chi connectivity index (χ2v) is 9.77. The number of aromatic nitrogens is 2. The minimum Gasteiger partial charge on any atom is -0.348 e. The second-order valence-electron chi connectivity index (χ2n) is 7.63. The maximum atomic E-state index is 13.2. The zero-order valence-corrected chi connectivity index (χ0v) is 18.2. The summed E-state index contributed by atoms with van der Waals surface area (Å²) in [4.78, 5) is 33.3. The lowest BCUT2D eigenvalue weighted by molar-refractivity contribution is -0.122. The molecule has 4 aromatic rings. The SMILES string of the molecule is Cc1ccc(-c2csc3ncn(CC(=O)NC4CCCc5ccccc54)c(=O)c23)s1. The summed E-state index contributed by atoms with van der Waals surface area (Å²) >= 11 is 3.12. The highest BCUT2D eigenvalue weighted by Crippen LogP contribution is 2.35. The Balaban J connectivity index is 1.41. The van der Waals surface area contributed by atoms with E-state index in [-0.39, 0.29) is 24.1 Å². The first kappa shape index (κ1) is 19.2. The van der Waals surface area contributed by atoms with Gasteiger partial charge in [-0.25, -0.2) is 4.98 Å². The van der Waals surface area contributed by atoms with Crippen molar-refractivity contribution in [3.05, 3.63) is 74.5 Å². The number of fused-ring (bicyclic) bond motifs is 2. The number of carbonyl (C=O) groups excluding carboxylic acids is 1. The second kappa shape index (κ2) is 7.81. The fourth-order valence-corrected chi connectivity index (χ4v) is 6.00. The minimum atomic E-state index is -0.165. The van der Waals surface area contributed by atoms with Crippen molar-refractivity contribution in [2.24, 2.45) is 0 Å². The molecule has 5 nitrogen and oxygen atoms in total. The minimum absolute atomic E-state index is 0.000597. The van der Waals surface area contributed by atoms with Gasteiger partial charge in [0.15, 0.2) is 0 Å². The van der Waals surface area contributed by atoms with Crippen LogP contribution in [-0.2, 0) is 17.8 Å². The summed E-state index contributed by atoms with van der Waals surface area (Å²) < 4.78 is 1.42. The van der Waals surface area contributed by atoms with E-state index in [0.29, 0.717) is 10.2 Å². The highest BCUT2D eigenvalue weighted by atomic mass is 32.1. The van der Waals surface area contributed by atoms with Crippen LogP contribution in [0, 0.1) is 6.92 Å². The van der Waals surface area contributed by atoms with Gasteiger partial charge in [0, 0.05) is 20.7 Å². The Kier molecular flexibility index (Phi) is 5.00. The highest BCUT2D eigenvalue weighted by molar-refractivity contribution is 7.19. The van der Waals surface area contributed by atoms with E-state index in [1.807, 2.05) is 36.6 Å². The number of aryl methyl sites for hydroxylation is 2. The molecular weight excluding hydrogens is 414 g/mol. The molecule has 1 atom stereocenters. The smallest absolute Gasteiger partial charge is 0.263 e. The van der Waals surface area contributed by atoms with Gasteiger partial charge in [0.1, 0.15) is 11.4 Å². The summed E-state index contributed by atoms with van der Waals surface area (Å²) in [5.41, 5.74) is 3.22. The molecule has 0 radical (unpaired) electrons. The van der Waals surface area contributed by atoms with Crippen LogP contribution in [0.3, 0.4) is 0 Å². The van der Waals surface area contributed by atoms with E-state index in [9.17, 15) is 9.59 Å². The quantitative estimate of drug-likeness (QED) is 0.506. The van der Waals surface area contributed by atoms with Crippen molar-refractivity contribution in [3.63, 3.8) is 0 Å². The van der Waals surface area contributed by atoms with Gasteiger partial charge in [-0.1, -0.05) is 24.3 Å². The van der Waals surface area contributed by atoms with Gasteiger partial charge in [-0.2, -0.15) is 0 Å². The lowest BCUT2D eigenvalue weighted by Gasteiger charge is -2.26. The number of amides is 1. The van der Waals surface area contributed by atoms with Crippen molar-refractivity contribution in [3.8, 4) is 10.4 Å². The molecule has 0 saturated heterocycles. The first-order valence-electron chi connectivity index (χ1n) is 10.0. The van der Waals surface area contributed by atoms with Crippen LogP contribution in [0.15, 0.2) is 52.9 Å². The standard InChI is InChI=1S/C23H21N3O2S2/c1-14-9-10-19(30-14)17-12-29-22-21(17)23(28)26(13-24-22)11-20(27)25-18-8-4-6-15-5-2-3-7-16(15)18/h2-3,5,7,9-10,12-13,18H,4,6,8,11H2,1H3,(H,25,27). The molecule has 0 saturated carbocycles. The largest absolute Gasteiger partial charge is 0.348 e. The van der Waals surface area contributed by atoms with Crippen molar-refractivity contribution >= 4 is 38.8 Å². The number of nitrogens with one attached hydrogen (secondary N) is 1. The monoisotopic (exact) mass is 435 g/mol. The molecule has 1 aliphatic rings. The zero-order valence-electron chi connectivity index (χ0n) is 16.6. The summed E-state index contributed by atoms with van der Waals surface area (Å²) in [6.07, 6.45) is 4.50. The first-order valence-corrected chi connectivity index (χ1v) is 11.7. The molecule has 3 heterocycles. The fraction of sp³-hybridized carbons (Fsp3) is 0.261. The molecule has 7 heteroatoms. The molecule has 5 rings (SSSR count). The molecule has 1 aromatic carbocycles. The molecule has 1 unspecified atom stereocenters. The number of benzene rings is 1. The summed E-state index contributed by atoms with van der Waals surface area (Å²) in [6.45, 7) is 2.02. The third-order valence-corrected chi connectivity index (χ3v) is 7.51. The van der Waals surface area contributed by atoms with E-state index in [1.165, 1.54) is 38.2 Å². The van der Waals surface area contributed by atoms with Gasteiger partial charge in [-0.15, -0.1) is 22.7 Å². The normalized spacial score (nSPS) is 15.8. The van der Waals surface area contributed by atoms with Crippen molar-refractivity contribution < 1.29 is 4.79 Å². The van der Waals surface area contributed by atoms with Gasteiger partial charge in [-0.05, 0) is 49.4 Å². The lowest BCUT2D eigenvalue weighted by Crippen LogP contribution is -2.36. The van der Waals surface area contributed by atoms with Gasteiger partial charge >= 0.3 is 0 Å². The lowest BCUT2D eigenvalue weighted by atomic mass is 9.88. The fourth-order valence-electron chi connectivity index (χ4n) is 4.14. The molecular formula is C23H21N3O2S2. The number of carbonyl (C=O) groups is 1. The summed E-state index contributed by atoms with van der Waals surface area (Å²) in [5.74, 6) is -0.163. The Morgan fingerprint density at radius 1 is 1.27 bits per heavy atom. The van der Waals surface area contributed by atoms with Crippen LogP contribution in [0.2, 0.25) is 0 Å². The molecule has 0 aliphatic heterocycles. The Hall–Kier alpha value is -2.77. The van der Waals surface area contributed by atoms with Gasteiger partial charge in [0.2, 0.25) is 5.91 Å². The molecule has 30 heavy (non-hydrogen) atoms. The third-order valence-electron chi connectivity index (χ3n) is 5.59. The van der Waals surface area contributed by atoms with E-state index in [4.69, 9.17) is 0 Å². The van der Waals surface area contributed by atoms with E-state index in [0.717, 1.165) is 29.7 Å². The van der Waals surface area contributed by atoms with Gasteiger partial charge in [0.25, 0.3) is 5.56 Å². The number of rotatable bonds is 4. The molecule has 1 amide bonds. The van der Waals surface area contributed by atoms with Gasteiger partial charge in [0.05, 0.1) is 17.8 Å². The van der Waals surface area contributed by atoms with Crippen molar-refractivity contribution in [2.45, 2.75) is 38.8 Å². The molecule has 0 spiro atoms. The van der Waals surface area contributed by atoms with Crippen molar-refractivity contribution in [1.29, 1.82) is 0 Å². The van der Waals surface area contributed by atoms with E-state index < -0.39 is 0 Å². The van der Waals surface area contributed by atoms with Crippen LogP contribution in [0.5, 0.6) is 0 Å². The maximum Gasteiger partial charge on any atom is 0.263 e. The predicted molar refractivity (Wildman–Crippen MR) is 122 cm³/mol. The number of nitrogens with zero attached hydrogens (tertiary/aromatic N) is 2.